The second-order valence-electron chi connectivity index (χ2n) is 5.70. The zero-order chi connectivity index (χ0) is 17.0. The fourth-order valence-corrected chi connectivity index (χ4v) is 2.23. The number of rotatable bonds is 6. The summed E-state index contributed by atoms with van der Waals surface area (Å²) in [5.41, 5.74) is 1.25. The number of aromatic nitrogens is 1. The average Bonchev–Trinajstić information content (AvgIpc) is 2.49. The summed E-state index contributed by atoms with van der Waals surface area (Å²) in [5, 5.41) is 10.9. The van der Waals surface area contributed by atoms with Crippen LogP contribution < -0.4 is 10.3 Å². The van der Waals surface area contributed by atoms with Gasteiger partial charge in [0, 0.05) is 11.6 Å². The first-order valence-corrected chi connectivity index (χ1v) is 7.46. The minimum Gasteiger partial charge on any atom is -0.492 e. The molecule has 0 aliphatic heterocycles. The van der Waals surface area contributed by atoms with E-state index in [9.17, 15) is 14.9 Å². The molecule has 23 heavy (non-hydrogen) atoms. The minimum absolute atomic E-state index is 0.0640. The molecule has 2 rings (SSSR count). The van der Waals surface area contributed by atoms with E-state index in [1.165, 1.54) is 22.4 Å². The summed E-state index contributed by atoms with van der Waals surface area (Å²) in [6, 6.07) is 9.05. The predicted octanol–water partition coefficient (Wildman–Crippen LogP) is 3.27. The monoisotopic (exact) mass is 316 g/mol. The van der Waals surface area contributed by atoms with Crippen molar-refractivity contribution in [1.29, 1.82) is 0 Å². The highest BCUT2D eigenvalue weighted by molar-refractivity contribution is 5.35. The van der Waals surface area contributed by atoms with Crippen molar-refractivity contribution in [2.24, 2.45) is 0 Å². The summed E-state index contributed by atoms with van der Waals surface area (Å²) < 4.78 is 6.90. The maximum Gasteiger partial charge on any atom is 0.288 e. The van der Waals surface area contributed by atoms with E-state index in [2.05, 4.69) is 13.8 Å². The predicted molar refractivity (Wildman–Crippen MR) is 88.1 cm³/mol. The summed E-state index contributed by atoms with van der Waals surface area (Å²) in [6.45, 7) is 6.31. The molecule has 0 fully saturated rings. The Labute approximate surface area is 134 Å². The second-order valence-corrected chi connectivity index (χ2v) is 5.70. The molecule has 0 atom stereocenters. The van der Waals surface area contributed by atoms with Crippen molar-refractivity contribution in [1.82, 2.24) is 4.57 Å². The molecule has 1 aromatic heterocycles. The van der Waals surface area contributed by atoms with Gasteiger partial charge in [-0.3, -0.25) is 14.9 Å². The van der Waals surface area contributed by atoms with Gasteiger partial charge in [0.05, 0.1) is 17.7 Å². The molecule has 0 aliphatic carbocycles. The number of pyridine rings is 1. The number of ether oxygens (including phenoxy) is 1. The third kappa shape index (κ3) is 4.18. The van der Waals surface area contributed by atoms with E-state index < -0.39 is 4.92 Å². The largest absolute Gasteiger partial charge is 0.492 e. The Morgan fingerprint density at radius 2 is 1.91 bits per heavy atom. The lowest BCUT2D eigenvalue weighted by atomic mass is 10.0. The number of aryl methyl sites for hydroxylation is 1. The fourth-order valence-electron chi connectivity index (χ4n) is 2.23. The van der Waals surface area contributed by atoms with Crippen molar-refractivity contribution in [3.63, 3.8) is 0 Å². The van der Waals surface area contributed by atoms with Gasteiger partial charge in [-0.1, -0.05) is 26.0 Å². The van der Waals surface area contributed by atoms with Crippen LogP contribution in [0.5, 0.6) is 5.75 Å². The summed E-state index contributed by atoms with van der Waals surface area (Å²) in [6.07, 6.45) is 1.27. The minimum atomic E-state index is -0.489. The molecule has 6 heteroatoms. The van der Waals surface area contributed by atoms with Crippen LogP contribution in [-0.2, 0) is 6.54 Å². The Morgan fingerprint density at radius 3 is 2.48 bits per heavy atom. The third-order valence-corrected chi connectivity index (χ3v) is 3.65. The zero-order valence-electron chi connectivity index (χ0n) is 13.5. The SMILES string of the molecule is Cc1cc(=O)n(CCOc2ccc(C(C)C)cc2)cc1[N+](=O)[O-]. The van der Waals surface area contributed by atoms with E-state index in [4.69, 9.17) is 4.74 Å². The highest BCUT2D eigenvalue weighted by Crippen LogP contribution is 2.18. The van der Waals surface area contributed by atoms with Crippen LogP contribution in [0.15, 0.2) is 41.3 Å². The van der Waals surface area contributed by atoms with Crippen molar-refractivity contribution >= 4 is 5.69 Å². The number of hydrogen-bond acceptors (Lipinski definition) is 4. The fraction of sp³-hybridized carbons (Fsp3) is 0.353. The standard InChI is InChI=1S/C17H20N2O4/c1-12(2)14-4-6-15(7-5-14)23-9-8-18-11-16(19(21)22)13(3)10-17(18)20/h4-7,10-12H,8-9H2,1-3H3. The van der Waals surface area contributed by atoms with Gasteiger partial charge in [-0.05, 0) is 30.5 Å². The van der Waals surface area contributed by atoms with Crippen LogP contribution in [0.4, 0.5) is 5.69 Å². The molecule has 0 saturated carbocycles. The van der Waals surface area contributed by atoms with Crippen molar-refractivity contribution in [2.75, 3.05) is 6.61 Å². The zero-order valence-corrected chi connectivity index (χ0v) is 13.5. The van der Waals surface area contributed by atoms with Gasteiger partial charge >= 0.3 is 0 Å². The molecule has 0 spiro atoms. The van der Waals surface area contributed by atoms with Gasteiger partial charge in [-0.25, -0.2) is 0 Å². The Kier molecular flexibility index (Phi) is 5.16. The van der Waals surface area contributed by atoms with Gasteiger partial charge in [0.25, 0.3) is 11.2 Å². The van der Waals surface area contributed by atoms with E-state index in [0.717, 1.165) is 0 Å². The summed E-state index contributed by atoms with van der Waals surface area (Å²) in [4.78, 5) is 22.3. The topological polar surface area (TPSA) is 74.4 Å². The first-order valence-electron chi connectivity index (χ1n) is 7.46. The van der Waals surface area contributed by atoms with Crippen LogP contribution in [0.25, 0.3) is 0 Å². The summed E-state index contributed by atoms with van der Waals surface area (Å²) >= 11 is 0. The number of nitrogens with zero attached hydrogens (tertiary/aromatic N) is 2. The normalized spacial score (nSPS) is 10.8. The van der Waals surface area contributed by atoms with Gasteiger partial charge in [-0.2, -0.15) is 0 Å². The molecule has 0 N–H and O–H groups in total. The van der Waals surface area contributed by atoms with Crippen LogP contribution in [0.1, 0.15) is 30.9 Å². The molecule has 0 unspecified atom stereocenters. The maximum absolute atomic E-state index is 11.9. The van der Waals surface area contributed by atoms with Crippen molar-refractivity contribution in [3.8, 4) is 5.75 Å². The third-order valence-electron chi connectivity index (χ3n) is 3.65. The molecule has 122 valence electrons. The van der Waals surface area contributed by atoms with Crippen molar-refractivity contribution in [2.45, 2.75) is 33.2 Å². The lowest BCUT2D eigenvalue weighted by Gasteiger charge is -2.10. The van der Waals surface area contributed by atoms with Gasteiger partial charge < -0.3 is 9.30 Å². The molecule has 0 saturated heterocycles. The smallest absolute Gasteiger partial charge is 0.288 e. The molecular weight excluding hydrogens is 296 g/mol. The molecule has 6 nitrogen and oxygen atoms in total. The highest BCUT2D eigenvalue weighted by atomic mass is 16.6. The molecule has 0 bridgehead atoms. The maximum atomic E-state index is 11.9. The first-order chi connectivity index (χ1) is 10.9. The number of hydrogen-bond donors (Lipinski definition) is 0. The quantitative estimate of drug-likeness (QED) is 0.605. The Hall–Kier alpha value is -2.63. The van der Waals surface area contributed by atoms with Gasteiger partial charge in [0.1, 0.15) is 12.4 Å². The van der Waals surface area contributed by atoms with E-state index in [-0.39, 0.29) is 24.4 Å². The molecule has 0 aliphatic rings. The van der Waals surface area contributed by atoms with E-state index in [0.29, 0.717) is 17.2 Å². The Morgan fingerprint density at radius 1 is 1.26 bits per heavy atom. The molecule has 2 aromatic rings. The van der Waals surface area contributed by atoms with Crippen LogP contribution >= 0.6 is 0 Å². The average molecular weight is 316 g/mol. The van der Waals surface area contributed by atoms with Crippen LogP contribution in [0, 0.1) is 17.0 Å². The number of benzene rings is 1. The molecule has 0 amide bonds. The lowest BCUT2D eigenvalue weighted by molar-refractivity contribution is -0.385. The first kappa shape index (κ1) is 16.7. The van der Waals surface area contributed by atoms with Crippen LogP contribution in [-0.4, -0.2) is 16.1 Å². The van der Waals surface area contributed by atoms with Crippen molar-refractivity contribution < 1.29 is 9.66 Å². The molecule has 0 radical (unpaired) electrons. The van der Waals surface area contributed by atoms with Crippen molar-refractivity contribution in [3.05, 3.63) is 68.1 Å². The molecule has 1 heterocycles. The second kappa shape index (κ2) is 7.09. The van der Waals surface area contributed by atoms with E-state index in [1.807, 2.05) is 24.3 Å². The van der Waals surface area contributed by atoms with E-state index >= 15 is 0 Å². The Bertz CT molecular complexity index is 748. The number of nitro groups is 1. The highest BCUT2D eigenvalue weighted by Gasteiger charge is 2.13. The van der Waals surface area contributed by atoms with Crippen LogP contribution in [0.3, 0.4) is 0 Å². The van der Waals surface area contributed by atoms with Gasteiger partial charge in [0.2, 0.25) is 0 Å². The van der Waals surface area contributed by atoms with Gasteiger partial charge in [-0.15, -0.1) is 0 Å². The van der Waals surface area contributed by atoms with Crippen LogP contribution in [0.2, 0.25) is 0 Å². The van der Waals surface area contributed by atoms with E-state index in [1.54, 1.807) is 6.92 Å². The Balaban J connectivity index is 2.02. The lowest BCUT2D eigenvalue weighted by Crippen LogP contribution is -2.23. The summed E-state index contributed by atoms with van der Waals surface area (Å²) in [7, 11) is 0. The van der Waals surface area contributed by atoms with Gasteiger partial charge in [0.15, 0.2) is 0 Å². The summed E-state index contributed by atoms with van der Waals surface area (Å²) in [5.74, 6) is 1.17. The molecule has 1 aromatic carbocycles. The molecular formula is C17H20N2O4.